The first-order valence-corrected chi connectivity index (χ1v) is 7.69. The molecule has 1 aliphatic carbocycles. The maximum absolute atomic E-state index is 5.61. The normalized spacial score (nSPS) is 38.2. The van der Waals surface area contributed by atoms with Crippen LogP contribution in [0.5, 0.6) is 11.5 Å². The Balaban J connectivity index is 1.69. The highest BCUT2D eigenvalue weighted by atomic mass is 16.7. The lowest BCUT2D eigenvalue weighted by Gasteiger charge is -2.45. The van der Waals surface area contributed by atoms with Gasteiger partial charge in [-0.15, -0.1) is 0 Å². The third-order valence-electron chi connectivity index (χ3n) is 5.69. The van der Waals surface area contributed by atoms with Crippen molar-refractivity contribution in [2.45, 2.75) is 36.9 Å². The number of nitrogens with zero attached hydrogens (tertiary/aromatic N) is 1. The molecule has 0 radical (unpaired) electrons. The van der Waals surface area contributed by atoms with E-state index >= 15 is 0 Å². The second-order valence-electron chi connectivity index (χ2n) is 6.51. The molecule has 1 aromatic carbocycles. The maximum atomic E-state index is 5.61. The molecule has 0 saturated carbocycles. The molecule has 4 nitrogen and oxygen atoms in total. The molecule has 1 fully saturated rings. The summed E-state index contributed by atoms with van der Waals surface area (Å²) in [6.45, 7) is 2.52. The van der Waals surface area contributed by atoms with Crippen LogP contribution in [0.2, 0.25) is 0 Å². The van der Waals surface area contributed by atoms with Crippen molar-refractivity contribution >= 4 is 0 Å². The van der Waals surface area contributed by atoms with Gasteiger partial charge in [0.1, 0.15) is 0 Å². The fourth-order valence-electron chi connectivity index (χ4n) is 4.64. The summed E-state index contributed by atoms with van der Waals surface area (Å²) in [5.41, 5.74) is 2.98. The zero-order chi connectivity index (χ0) is 14.0. The van der Waals surface area contributed by atoms with E-state index in [2.05, 4.69) is 29.2 Å². The highest BCUT2D eigenvalue weighted by molar-refractivity contribution is 5.55. The molecular weight excluding hydrogens is 266 g/mol. The standard InChI is InChI=1S/C17H19NO3/c1-19-12-2-3-17-4-5-18(16(17)7-12)9-11-6-14-15(8-13(11)17)21-10-20-14/h2-3,6,8,12,16H,4-5,7,9-10H2,1H3/t12-,16-,17+/m0/s1. The van der Waals surface area contributed by atoms with E-state index in [1.165, 1.54) is 17.5 Å². The minimum Gasteiger partial charge on any atom is -0.454 e. The Morgan fingerprint density at radius 2 is 2.14 bits per heavy atom. The maximum Gasteiger partial charge on any atom is 0.231 e. The summed E-state index contributed by atoms with van der Waals surface area (Å²) in [5.74, 6) is 1.81. The predicted molar refractivity (Wildman–Crippen MR) is 77.6 cm³/mol. The van der Waals surface area contributed by atoms with E-state index in [0.717, 1.165) is 31.0 Å². The van der Waals surface area contributed by atoms with Gasteiger partial charge in [0.25, 0.3) is 0 Å². The average molecular weight is 285 g/mol. The smallest absolute Gasteiger partial charge is 0.231 e. The summed E-state index contributed by atoms with van der Waals surface area (Å²) in [5, 5.41) is 0. The van der Waals surface area contributed by atoms with Gasteiger partial charge in [0.15, 0.2) is 11.5 Å². The predicted octanol–water partition coefficient (Wildman–Crippen LogP) is 2.22. The molecule has 1 saturated heterocycles. The zero-order valence-corrected chi connectivity index (χ0v) is 12.2. The minimum atomic E-state index is 0.142. The second-order valence-corrected chi connectivity index (χ2v) is 6.51. The van der Waals surface area contributed by atoms with Crippen LogP contribution in [0.25, 0.3) is 0 Å². The van der Waals surface area contributed by atoms with Gasteiger partial charge in [-0.2, -0.15) is 0 Å². The van der Waals surface area contributed by atoms with Crippen molar-refractivity contribution in [3.63, 3.8) is 0 Å². The Morgan fingerprint density at radius 3 is 3.00 bits per heavy atom. The number of rotatable bonds is 1. The molecule has 1 unspecified atom stereocenters. The van der Waals surface area contributed by atoms with Crippen molar-refractivity contribution in [2.24, 2.45) is 0 Å². The Labute approximate surface area is 124 Å². The van der Waals surface area contributed by atoms with E-state index in [1.807, 2.05) is 0 Å². The SMILES string of the molecule is CO[C@H]1C=C[C@@]23CCN(Cc4cc5c(cc42)OCO5)[C@H]3C1. The van der Waals surface area contributed by atoms with Gasteiger partial charge in [-0.25, -0.2) is 0 Å². The molecule has 4 heteroatoms. The fraction of sp³-hybridized carbons (Fsp3) is 0.529. The first kappa shape index (κ1) is 12.1. The highest BCUT2D eigenvalue weighted by Gasteiger charge is 2.53. The molecule has 0 spiro atoms. The molecule has 21 heavy (non-hydrogen) atoms. The molecule has 4 atom stereocenters. The van der Waals surface area contributed by atoms with Crippen LogP contribution in [0.3, 0.4) is 0 Å². The molecule has 5 rings (SSSR count). The molecule has 3 aliphatic heterocycles. The summed E-state index contributed by atoms with van der Waals surface area (Å²) in [4.78, 5) is 2.61. The van der Waals surface area contributed by atoms with Crippen LogP contribution < -0.4 is 9.47 Å². The molecule has 4 aliphatic rings. The minimum absolute atomic E-state index is 0.142. The molecular formula is C17H19NO3. The number of benzene rings is 1. The lowest BCUT2D eigenvalue weighted by atomic mass is 9.66. The summed E-state index contributed by atoms with van der Waals surface area (Å²) in [6, 6.07) is 4.97. The monoisotopic (exact) mass is 285 g/mol. The topological polar surface area (TPSA) is 30.9 Å². The Bertz CT molecular complexity index is 641. The Kier molecular flexibility index (Phi) is 2.31. The molecule has 3 heterocycles. The lowest BCUT2D eigenvalue weighted by Crippen LogP contribution is -2.49. The summed E-state index contributed by atoms with van der Waals surface area (Å²) in [7, 11) is 1.80. The molecule has 0 aromatic heterocycles. The second kappa shape index (κ2) is 4.02. The van der Waals surface area contributed by atoms with Gasteiger partial charge >= 0.3 is 0 Å². The number of hydrogen-bond acceptors (Lipinski definition) is 4. The van der Waals surface area contributed by atoms with Crippen LogP contribution in [0.4, 0.5) is 0 Å². The van der Waals surface area contributed by atoms with Gasteiger partial charge < -0.3 is 14.2 Å². The number of methoxy groups -OCH3 is 1. The summed E-state index contributed by atoms with van der Waals surface area (Å²) < 4.78 is 16.7. The van der Waals surface area contributed by atoms with Crippen LogP contribution >= 0.6 is 0 Å². The van der Waals surface area contributed by atoms with Crippen molar-refractivity contribution < 1.29 is 14.2 Å². The summed E-state index contributed by atoms with van der Waals surface area (Å²) in [6.07, 6.45) is 7.17. The van der Waals surface area contributed by atoms with Gasteiger partial charge in [-0.05, 0) is 36.1 Å². The van der Waals surface area contributed by atoms with Gasteiger partial charge in [0.05, 0.1) is 6.10 Å². The van der Waals surface area contributed by atoms with Gasteiger partial charge in [-0.1, -0.05) is 12.2 Å². The first-order chi connectivity index (χ1) is 10.3. The zero-order valence-electron chi connectivity index (χ0n) is 12.2. The highest BCUT2D eigenvalue weighted by Crippen LogP contribution is 2.53. The number of fused-ring (bicyclic) bond motifs is 2. The van der Waals surface area contributed by atoms with Gasteiger partial charge in [0, 0.05) is 31.7 Å². The van der Waals surface area contributed by atoms with E-state index < -0.39 is 0 Å². The van der Waals surface area contributed by atoms with Crippen molar-refractivity contribution in [1.29, 1.82) is 0 Å². The van der Waals surface area contributed by atoms with Gasteiger partial charge in [0.2, 0.25) is 6.79 Å². The Morgan fingerprint density at radius 1 is 1.29 bits per heavy atom. The summed E-state index contributed by atoms with van der Waals surface area (Å²) >= 11 is 0. The van der Waals surface area contributed by atoms with Crippen LogP contribution in [0, 0.1) is 0 Å². The van der Waals surface area contributed by atoms with E-state index in [-0.39, 0.29) is 11.5 Å². The molecule has 0 amide bonds. The van der Waals surface area contributed by atoms with E-state index in [4.69, 9.17) is 14.2 Å². The largest absolute Gasteiger partial charge is 0.454 e. The van der Waals surface area contributed by atoms with Crippen LogP contribution in [0.15, 0.2) is 24.3 Å². The molecule has 0 N–H and O–H groups in total. The third kappa shape index (κ3) is 1.47. The van der Waals surface area contributed by atoms with Crippen molar-refractivity contribution in [1.82, 2.24) is 4.90 Å². The van der Waals surface area contributed by atoms with Crippen molar-refractivity contribution in [3.05, 3.63) is 35.4 Å². The van der Waals surface area contributed by atoms with Gasteiger partial charge in [-0.3, -0.25) is 4.90 Å². The quantitative estimate of drug-likeness (QED) is 0.740. The molecule has 1 aromatic rings. The third-order valence-corrected chi connectivity index (χ3v) is 5.69. The van der Waals surface area contributed by atoms with Crippen LogP contribution in [0.1, 0.15) is 24.0 Å². The van der Waals surface area contributed by atoms with Crippen molar-refractivity contribution in [3.8, 4) is 11.5 Å². The lowest BCUT2D eigenvalue weighted by molar-refractivity contribution is 0.0750. The number of ether oxygens (including phenoxy) is 3. The van der Waals surface area contributed by atoms with E-state index in [9.17, 15) is 0 Å². The average Bonchev–Trinajstić information content (AvgIpc) is 3.07. The van der Waals surface area contributed by atoms with Crippen LogP contribution in [-0.2, 0) is 16.7 Å². The van der Waals surface area contributed by atoms with Crippen molar-refractivity contribution in [2.75, 3.05) is 20.4 Å². The van der Waals surface area contributed by atoms with Crippen LogP contribution in [-0.4, -0.2) is 37.5 Å². The van der Waals surface area contributed by atoms with E-state index in [1.54, 1.807) is 7.11 Å². The molecule has 110 valence electrons. The molecule has 2 bridgehead atoms. The number of hydrogen-bond donors (Lipinski definition) is 0. The first-order valence-electron chi connectivity index (χ1n) is 7.69. The Hall–Kier alpha value is -1.52. The van der Waals surface area contributed by atoms with E-state index in [0.29, 0.717) is 12.8 Å². The fourth-order valence-corrected chi connectivity index (χ4v) is 4.64.